The van der Waals surface area contributed by atoms with E-state index in [1.807, 2.05) is 30.5 Å². The summed E-state index contributed by atoms with van der Waals surface area (Å²) in [4.78, 5) is 9.24. The van der Waals surface area contributed by atoms with Gasteiger partial charge in [0.15, 0.2) is 5.82 Å². The first-order valence-electron chi connectivity index (χ1n) is 7.00. The molecule has 4 nitrogen and oxygen atoms in total. The predicted octanol–water partition coefficient (Wildman–Crippen LogP) is 2.22. The molecule has 0 radical (unpaired) electrons. The minimum Gasteiger partial charge on any atom is -0.496 e. The average molecular weight is 269 g/mol. The molecule has 1 heterocycles. The molecule has 2 N–H and O–H groups in total. The maximum Gasteiger partial charge on any atom is 0.163 e. The van der Waals surface area contributed by atoms with Gasteiger partial charge in [-0.3, -0.25) is 0 Å². The van der Waals surface area contributed by atoms with E-state index in [-0.39, 0.29) is 0 Å². The average Bonchev–Trinajstić information content (AvgIpc) is 2.53. The Morgan fingerprint density at radius 3 is 3.00 bits per heavy atom. The van der Waals surface area contributed by atoms with Crippen molar-refractivity contribution in [3.05, 3.63) is 41.7 Å². The standard InChI is InChI=1S/C16H19N3O/c1-20-15-5-3-2-4-13(15)16-18-10-12-8-11(9-17)6-7-14(12)19-16/h2-5,10-11H,6-9,17H2,1H3. The van der Waals surface area contributed by atoms with Gasteiger partial charge in [-0.2, -0.15) is 0 Å². The zero-order valence-corrected chi connectivity index (χ0v) is 11.7. The molecule has 0 saturated carbocycles. The highest BCUT2D eigenvalue weighted by atomic mass is 16.5. The molecule has 0 amide bonds. The number of nitrogens with zero attached hydrogens (tertiary/aromatic N) is 2. The molecule has 20 heavy (non-hydrogen) atoms. The Balaban J connectivity index is 1.97. The second-order valence-electron chi connectivity index (χ2n) is 5.21. The summed E-state index contributed by atoms with van der Waals surface area (Å²) in [5.74, 6) is 2.12. The number of ether oxygens (including phenoxy) is 1. The number of hydrogen-bond donors (Lipinski definition) is 1. The first-order valence-corrected chi connectivity index (χ1v) is 7.00. The van der Waals surface area contributed by atoms with Crippen LogP contribution >= 0.6 is 0 Å². The van der Waals surface area contributed by atoms with Crippen LogP contribution in [0, 0.1) is 5.92 Å². The minimum absolute atomic E-state index is 0.572. The normalized spacial score (nSPS) is 17.6. The summed E-state index contributed by atoms with van der Waals surface area (Å²) in [5.41, 5.74) is 9.10. The first-order chi connectivity index (χ1) is 9.81. The second kappa shape index (κ2) is 5.59. The van der Waals surface area contributed by atoms with E-state index in [0.29, 0.717) is 5.92 Å². The highest BCUT2D eigenvalue weighted by Crippen LogP contribution is 2.29. The number of nitrogens with two attached hydrogens (primary N) is 1. The SMILES string of the molecule is COc1ccccc1-c1ncc2c(n1)CCC(CN)C2. The van der Waals surface area contributed by atoms with Gasteiger partial charge in [-0.1, -0.05) is 12.1 Å². The fourth-order valence-electron chi connectivity index (χ4n) is 2.74. The van der Waals surface area contributed by atoms with Gasteiger partial charge in [0, 0.05) is 11.9 Å². The summed E-state index contributed by atoms with van der Waals surface area (Å²) in [6.07, 6.45) is 5.05. The Morgan fingerprint density at radius 1 is 1.35 bits per heavy atom. The van der Waals surface area contributed by atoms with Gasteiger partial charge in [-0.05, 0) is 49.4 Å². The number of aromatic nitrogens is 2. The lowest BCUT2D eigenvalue weighted by Crippen LogP contribution is -2.23. The van der Waals surface area contributed by atoms with Crippen molar-refractivity contribution in [2.45, 2.75) is 19.3 Å². The summed E-state index contributed by atoms with van der Waals surface area (Å²) in [7, 11) is 1.67. The van der Waals surface area contributed by atoms with Crippen LogP contribution in [-0.2, 0) is 12.8 Å². The molecule has 0 spiro atoms. The van der Waals surface area contributed by atoms with Crippen LogP contribution in [0.2, 0.25) is 0 Å². The zero-order valence-electron chi connectivity index (χ0n) is 11.7. The van der Waals surface area contributed by atoms with Crippen LogP contribution in [0.3, 0.4) is 0 Å². The number of rotatable bonds is 3. The van der Waals surface area contributed by atoms with E-state index in [2.05, 4.69) is 4.98 Å². The fourth-order valence-corrected chi connectivity index (χ4v) is 2.74. The molecule has 2 aromatic rings. The summed E-state index contributed by atoms with van der Waals surface area (Å²) in [6.45, 7) is 0.744. The highest BCUT2D eigenvalue weighted by molar-refractivity contribution is 5.64. The van der Waals surface area contributed by atoms with Gasteiger partial charge in [0.25, 0.3) is 0 Å². The van der Waals surface area contributed by atoms with Gasteiger partial charge >= 0.3 is 0 Å². The molecule has 0 bridgehead atoms. The van der Waals surface area contributed by atoms with Crippen LogP contribution in [0.25, 0.3) is 11.4 Å². The lowest BCUT2D eigenvalue weighted by molar-refractivity contribution is 0.416. The largest absolute Gasteiger partial charge is 0.496 e. The molecule has 0 fully saturated rings. The molecule has 1 aromatic carbocycles. The molecule has 104 valence electrons. The molecule has 1 aromatic heterocycles. The smallest absolute Gasteiger partial charge is 0.163 e. The van der Waals surface area contributed by atoms with Crippen LogP contribution in [0.5, 0.6) is 5.75 Å². The lowest BCUT2D eigenvalue weighted by atomic mass is 9.87. The maximum atomic E-state index is 5.76. The summed E-state index contributed by atoms with van der Waals surface area (Å²) < 4.78 is 5.38. The number of benzene rings is 1. The third-order valence-electron chi connectivity index (χ3n) is 3.93. The molecule has 0 aliphatic heterocycles. The van der Waals surface area contributed by atoms with Crippen molar-refractivity contribution >= 4 is 0 Å². The van der Waals surface area contributed by atoms with Crippen molar-refractivity contribution in [2.75, 3.05) is 13.7 Å². The van der Waals surface area contributed by atoms with Crippen molar-refractivity contribution in [3.8, 4) is 17.1 Å². The van der Waals surface area contributed by atoms with Crippen molar-refractivity contribution in [3.63, 3.8) is 0 Å². The van der Waals surface area contributed by atoms with E-state index in [4.69, 9.17) is 15.5 Å². The van der Waals surface area contributed by atoms with Crippen LogP contribution < -0.4 is 10.5 Å². The predicted molar refractivity (Wildman–Crippen MR) is 78.6 cm³/mol. The molecule has 1 atom stereocenters. The Hall–Kier alpha value is -1.94. The molecule has 1 aliphatic carbocycles. The number of aryl methyl sites for hydroxylation is 1. The van der Waals surface area contributed by atoms with Crippen molar-refractivity contribution in [1.29, 1.82) is 0 Å². The fraction of sp³-hybridized carbons (Fsp3) is 0.375. The van der Waals surface area contributed by atoms with Crippen molar-refractivity contribution < 1.29 is 4.74 Å². The maximum absolute atomic E-state index is 5.76. The van der Waals surface area contributed by atoms with Crippen LogP contribution in [-0.4, -0.2) is 23.6 Å². The molecule has 4 heteroatoms. The third-order valence-corrected chi connectivity index (χ3v) is 3.93. The van der Waals surface area contributed by atoms with Gasteiger partial charge in [0.05, 0.1) is 12.7 Å². The molecule has 0 saturated heterocycles. The van der Waals surface area contributed by atoms with E-state index in [9.17, 15) is 0 Å². The number of para-hydroxylation sites is 1. The summed E-state index contributed by atoms with van der Waals surface area (Å²) >= 11 is 0. The van der Waals surface area contributed by atoms with E-state index in [0.717, 1.165) is 48.6 Å². The zero-order chi connectivity index (χ0) is 13.9. The number of hydrogen-bond acceptors (Lipinski definition) is 4. The van der Waals surface area contributed by atoms with Gasteiger partial charge in [0.2, 0.25) is 0 Å². The van der Waals surface area contributed by atoms with E-state index in [1.54, 1.807) is 7.11 Å². The molecular formula is C16H19N3O. The quantitative estimate of drug-likeness (QED) is 0.928. The first kappa shape index (κ1) is 13.1. The lowest BCUT2D eigenvalue weighted by Gasteiger charge is -2.22. The third kappa shape index (κ3) is 2.39. The van der Waals surface area contributed by atoms with Gasteiger partial charge in [-0.15, -0.1) is 0 Å². The minimum atomic E-state index is 0.572. The van der Waals surface area contributed by atoms with E-state index in [1.165, 1.54) is 5.56 Å². The van der Waals surface area contributed by atoms with Crippen molar-refractivity contribution in [2.24, 2.45) is 11.7 Å². The Morgan fingerprint density at radius 2 is 2.20 bits per heavy atom. The molecular weight excluding hydrogens is 250 g/mol. The second-order valence-corrected chi connectivity index (χ2v) is 5.21. The Labute approximate surface area is 119 Å². The van der Waals surface area contributed by atoms with Crippen molar-refractivity contribution in [1.82, 2.24) is 9.97 Å². The summed E-state index contributed by atoms with van der Waals surface area (Å²) in [6, 6.07) is 7.85. The van der Waals surface area contributed by atoms with Gasteiger partial charge in [-0.25, -0.2) is 9.97 Å². The highest BCUT2D eigenvalue weighted by Gasteiger charge is 2.20. The molecule has 1 unspecified atom stereocenters. The topological polar surface area (TPSA) is 61.0 Å². The number of fused-ring (bicyclic) bond motifs is 1. The Bertz CT molecular complexity index is 612. The van der Waals surface area contributed by atoms with Crippen LogP contribution in [0.1, 0.15) is 17.7 Å². The van der Waals surface area contributed by atoms with Gasteiger partial charge in [0.1, 0.15) is 5.75 Å². The monoisotopic (exact) mass is 269 g/mol. The van der Waals surface area contributed by atoms with E-state index < -0.39 is 0 Å². The van der Waals surface area contributed by atoms with Crippen LogP contribution in [0.15, 0.2) is 30.5 Å². The van der Waals surface area contributed by atoms with Crippen LogP contribution in [0.4, 0.5) is 0 Å². The molecule has 1 aliphatic rings. The van der Waals surface area contributed by atoms with Gasteiger partial charge < -0.3 is 10.5 Å². The van der Waals surface area contributed by atoms with E-state index >= 15 is 0 Å². The summed E-state index contributed by atoms with van der Waals surface area (Å²) in [5, 5.41) is 0. The Kier molecular flexibility index (Phi) is 3.65. The molecule has 3 rings (SSSR count). The number of methoxy groups -OCH3 is 1.